The van der Waals surface area contributed by atoms with E-state index in [1.54, 1.807) is 0 Å². The molecule has 0 aliphatic carbocycles. The molecule has 0 aliphatic heterocycles. The van der Waals surface area contributed by atoms with Crippen LogP contribution in [0.2, 0.25) is 0 Å². The molecule has 4 aromatic rings. The Balaban J connectivity index is -0.000000176. The summed E-state index contributed by atoms with van der Waals surface area (Å²) in [4.78, 5) is 23.8. The van der Waals surface area contributed by atoms with Gasteiger partial charge in [-0.2, -0.15) is 34.8 Å². The van der Waals surface area contributed by atoms with Crippen molar-refractivity contribution in [2.24, 2.45) is 0 Å². The molecule has 0 atom stereocenters. The maximum absolute atomic E-state index is 10.3. The zero-order valence-electron chi connectivity index (χ0n) is 17.9. The van der Waals surface area contributed by atoms with Crippen molar-refractivity contribution in [1.29, 1.82) is 0 Å². The Hall–Kier alpha value is 0.326. The van der Waals surface area contributed by atoms with Crippen molar-refractivity contribution in [2.45, 2.75) is 27.7 Å². The van der Waals surface area contributed by atoms with Crippen molar-refractivity contribution in [3.8, 4) is 0 Å². The van der Waals surface area contributed by atoms with Gasteiger partial charge in [-0.15, -0.1) is 9.75 Å². The van der Waals surface area contributed by atoms with E-state index in [-0.39, 0.29) is 59.2 Å². The van der Waals surface area contributed by atoms with Crippen LogP contribution >= 0.6 is 45.3 Å². The van der Waals surface area contributed by atoms with Gasteiger partial charge in [0.15, 0.2) is 0 Å². The van der Waals surface area contributed by atoms with E-state index in [2.05, 4.69) is 22.6 Å². The van der Waals surface area contributed by atoms with Gasteiger partial charge in [0, 0.05) is 81.2 Å². The smallest absolute Gasteiger partial charge is 0.0140 e. The van der Waals surface area contributed by atoms with Gasteiger partial charge in [0.2, 0.25) is 0 Å². The summed E-state index contributed by atoms with van der Waals surface area (Å²) in [7, 11) is 0. The third-order valence-electron chi connectivity index (χ3n) is 3.05. The summed E-state index contributed by atoms with van der Waals surface area (Å²) in [6, 6.07) is 19.6. The summed E-state index contributed by atoms with van der Waals surface area (Å²) < 4.78 is 2.29. The van der Waals surface area contributed by atoms with E-state index in [4.69, 9.17) is 0 Å². The Bertz CT molecular complexity index is 815. The molecule has 2 heterocycles. The summed E-state index contributed by atoms with van der Waals surface area (Å²) in [5, 5.41) is 2.24. The molecule has 0 fully saturated rings. The maximum atomic E-state index is 10.3. The average Bonchev–Trinajstić information content (AvgIpc) is 3.41. The Morgan fingerprint density at radius 3 is 1.19 bits per heavy atom. The fourth-order valence-electron chi connectivity index (χ4n) is 2.06. The van der Waals surface area contributed by atoms with Crippen LogP contribution in [0, 0.1) is 0 Å². The van der Waals surface area contributed by atoms with Crippen LogP contribution in [0.5, 0.6) is 0 Å². The predicted octanol–water partition coefficient (Wildman–Crippen LogP) is 7.81. The molecule has 173 valence electrons. The third kappa shape index (κ3) is 13.6. The molecule has 2 aromatic carbocycles. The normalized spacial score (nSPS) is 7.81. The molecule has 4 rings (SSSR count). The van der Waals surface area contributed by atoms with Gasteiger partial charge < -0.3 is 9.59 Å². The van der Waals surface area contributed by atoms with Crippen LogP contribution in [-0.4, -0.2) is 17.5 Å². The Morgan fingerprint density at radius 2 is 0.935 bits per heavy atom. The van der Waals surface area contributed by atoms with E-state index in [0.717, 1.165) is 20.2 Å². The summed E-state index contributed by atoms with van der Waals surface area (Å²) in [6.07, 6.45) is 3.77. The van der Waals surface area contributed by atoms with Crippen LogP contribution in [0.3, 0.4) is 0 Å². The molecule has 0 spiro atoms. The van der Waals surface area contributed by atoms with Crippen molar-refractivity contribution < 1.29 is 68.8 Å². The van der Waals surface area contributed by atoms with Gasteiger partial charge in [0.1, 0.15) is 0 Å². The molecule has 0 saturated heterocycles. The topological polar surface area (TPSA) is 34.1 Å². The minimum atomic E-state index is 0. The minimum Gasteiger partial charge on any atom is -0.417 e. The van der Waals surface area contributed by atoms with Gasteiger partial charge >= 0.3 is 0 Å². The molecule has 2 aromatic heterocycles. The number of alkyl halides is 1. The average molecular weight is 956 g/mol. The number of benzene rings is 2. The molecule has 0 aliphatic rings. The summed E-state index contributed by atoms with van der Waals surface area (Å²) >= 11 is 5.10. The maximum Gasteiger partial charge on any atom is 0.0140 e. The number of hydrogen-bond donors (Lipinski definition) is 0. The van der Waals surface area contributed by atoms with Gasteiger partial charge in [-0.05, 0) is 17.1 Å². The largest absolute Gasteiger partial charge is 0.417 e. The van der Waals surface area contributed by atoms with Crippen molar-refractivity contribution in [3.05, 3.63) is 70.4 Å². The fourth-order valence-corrected chi connectivity index (χ4v) is 3.78. The van der Waals surface area contributed by atoms with E-state index >= 15 is 0 Å². The van der Waals surface area contributed by atoms with Crippen molar-refractivity contribution in [1.82, 2.24) is 0 Å². The number of halogens is 1. The SMILES string of the molecule is CC.CC.CI.O=[C-]c1cc2ccccc2s1.O=[C-]c1cc2ccccc2s1.[Cu].[W].[W]. The quantitative estimate of drug-likeness (QED) is 0.0891. The zero-order chi connectivity index (χ0) is 21.4. The van der Waals surface area contributed by atoms with Crippen molar-refractivity contribution >= 4 is 78.0 Å². The first-order valence-corrected chi connectivity index (χ1v) is 12.7. The number of rotatable bonds is 2. The molecule has 2 nitrogen and oxygen atoms in total. The second-order valence-corrected chi connectivity index (χ2v) is 6.67. The van der Waals surface area contributed by atoms with Crippen molar-refractivity contribution in [3.63, 3.8) is 0 Å². The molecule has 0 unspecified atom stereocenters. The van der Waals surface area contributed by atoms with Crippen molar-refractivity contribution in [2.75, 3.05) is 4.93 Å². The van der Waals surface area contributed by atoms with Crippen LogP contribution in [0.4, 0.5) is 0 Å². The Labute approximate surface area is 247 Å². The van der Waals surface area contributed by atoms with Gasteiger partial charge in [0.25, 0.3) is 0 Å². The van der Waals surface area contributed by atoms with E-state index in [0.29, 0.717) is 9.75 Å². The van der Waals surface area contributed by atoms with E-state index < -0.39 is 0 Å². The first kappa shape index (κ1) is 38.6. The standard InChI is InChI=1S/2C9H5OS.2C2H6.CH3I.Cu.2W/c2*10-6-8-5-7-3-1-2-4-9(7)11-8;3*1-2;;;/h2*1-5H;2*1-2H3;1H3;;;/q2*-1;;;;;;. The van der Waals surface area contributed by atoms with E-state index in [9.17, 15) is 9.59 Å². The Morgan fingerprint density at radius 1 is 0.645 bits per heavy atom. The second-order valence-electron chi connectivity index (χ2n) is 4.50. The minimum absolute atomic E-state index is 0. The molecular formula is C23H25CuIO2S2W2-2. The number of thiophene rings is 2. The summed E-state index contributed by atoms with van der Waals surface area (Å²) in [5.74, 6) is 0. The van der Waals surface area contributed by atoms with E-state index in [1.807, 2.05) is 106 Å². The molecule has 0 N–H and O–H groups in total. The van der Waals surface area contributed by atoms with Crippen LogP contribution < -0.4 is 0 Å². The first-order chi connectivity index (χ1) is 13.8. The number of hydrogen-bond acceptors (Lipinski definition) is 4. The second kappa shape index (κ2) is 25.0. The molecular weight excluding hydrogens is 931 g/mol. The fraction of sp³-hybridized carbons (Fsp3) is 0.217. The van der Waals surface area contributed by atoms with Crippen LogP contribution in [0.25, 0.3) is 20.2 Å². The van der Waals surface area contributed by atoms with Gasteiger partial charge in [-0.1, -0.05) is 97.5 Å². The third-order valence-corrected chi connectivity index (χ3v) is 5.08. The first-order valence-electron chi connectivity index (χ1n) is 8.91. The van der Waals surface area contributed by atoms with E-state index in [1.165, 1.54) is 22.7 Å². The number of carbonyl (C=O) groups excluding carboxylic acids is 2. The van der Waals surface area contributed by atoms with Crippen LogP contribution in [0.1, 0.15) is 37.4 Å². The summed E-state index contributed by atoms with van der Waals surface area (Å²) in [6.45, 7) is 8.00. The molecule has 31 heavy (non-hydrogen) atoms. The molecule has 8 heteroatoms. The molecule has 0 amide bonds. The molecule has 1 radical (unpaired) electrons. The number of fused-ring (bicyclic) bond motifs is 2. The van der Waals surface area contributed by atoms with Crippen LogP contribution in [-0.2, 0) is 68.8 Å². The predicted molar refractivity (Wildman–Crippen MR) is 136 cm³/mol. The Kier molecular flexibility index (Phi) is 31.1. The zero-order valence-corrected chi connectivity index (χ0v) is 28.5. The van der Waals surface area contributed by atoms with Crippen LogP contribution in [0.15, 0.2) is 60.7 Å². The van der Waals surface area contributed by atoms with Gasteiger partial charge in [-0.25, -0.2) is 0 Å². The van der Waals surface area contributed by atoms with Gasteiger partial charge in [-0.3, -0.25) is 0 Å². The monoisotopic (exact) mass is 955 g/mol. The molecule has 0 saturated carbocycles. The summed E-state index contributed by atoms with van der Waals surface area (Å²) in [5.41, 5.74) is 0. The van der Waals surface area contributed by atoms with Gasteiger partial charge in [0.05, 0.1) is 0 Å². The molecule has 0 bridgehead atoms.